The number of anilines is 1. The molecule has 0 aliphatic rings. The predicted molar refractivity (Wildman–Crippen MR) is 83.5 cm³/mol. The van der Waals surface area contributed by atoms with Gasteiger partial charge in [-0.1, -0.05) is 12.1 Å². The van der Waals surface area contributed by atoms with E-state index in [9.17, 15) is 43.9 Å². The maximum absolute atomic E-state index is 13.5. The molecule has 0 bridgehead atoms. The second-order valence-electron chi connectivity index (χ2n) is 5.53. The number of alkyl halides is 6. The van der Waals surface area contributed by atoms with Crippen LogP contribution in [0.5, 0.6) is 0 Å². The van der Waals surface area contributed by atoms with Crippen molar-refractivity contribution in [3.63, 3.8) is 0 Å². The van der Waals surface area contributed by atoms with Crippen molar-refractivity contribution in [2.75, 3.05) is 11.1 Å². The molecule has 28 heavy (non-hydrogen) atoms. The average molecular weight is 429 g/mol. The summed E-state index contributed by atoms with van der Waals surface area (Å²) in [5.74, 6) is -3.73. The highest BCUT2D eigenvalue weighted by Gasteiger charge is 2.38. The summed E-state index contributed by atoms with van der Waals surface area (Å²) in [6.45, 7) is 0. The van der Waals surface area contributed by atoms with Gasteiger partial charge in [0.05, 0.1) is 21.7 Å². The number of para-hydroxylation sites is 1. The van der Waals surface area contributed by atoms with Gasteiger partial charge in [0.25, 0.3) is 0 Å². The van der Waals surface area contributed by atoms with Gasteiger partial charge < -0.3 is 5.32 Å². The number of benzene rings is 2. The van der Waals surface area contributed by atoms with E-state index in [0.717, 1.165) is 12.1 Å². The SMILES string of the molecule is O=C(CS(=O)(=O)c1cc(C(F)(F)F)cc(C(F)(F)F)c1)Nc1ccccc1F. The predicted octanol–water partition coefficient (Wildman–Crippen LogP) is 4.28. The van der Waals surface area contributed by atoms with Crippen LogP contribution in [0.2, 0.25) is 0 Å². The van der Waals surface area contributed by atoms with Crippen molar-refractivity contribution in [3.8, 4) is 0 Å². The van der Waals surface area contributed by atoms with Crippen LogP contribution in [0.4, 0.5) is 36.4 Å². The number of nitrogens with one attached hydrogen (secondary N) is 1. The lowest BCUT2D eigenvalue weighted by Gasteiger charge is -2.14. The van der Waals surface area contributed by atoms with Gasteiger partial charge >= 0.3 is 12.4 Å². The molecule has 152 valence electrons. The highest BCUT2D eigenvalue weighted by molar-refractivity contribution is 7.92. The molecule has 0 heterocycles. The minimum atomic E-state index is -5.25. The number of hydrogen-bond donors (Lipinski definition) is 1. The number of hydrogen-bond acceptors (Lipinski definition) is 3. The monoisotopic (exact) mass is 429 g/mol. The number of carbonyl (C=O) groups is 1. The lowest BCUT2D eigenvalue weighted by atomic mass is 10.1. The standard InChI is InChI=1S/C16H10F7NO3S/c17-12-3-1-2-4-13(12)24-14(25)8-28(26,27)11-6-9(15(18,19)20)5-10(7-11)16(21,22)23/h1-7H,8H2,(H,24,25). The van der Waals surface area contributed by atoms with Crippen LogP contribution in [-0.2, 0) is 27.0 Å². The smallest absolute Gasteiger partial charge is 0.323 e. The molecule has 0 aromatic heterocycles. The lowest BCUT2D eigenvalue weighted by molar-refractivity contribution is -0.143. The Morgan fingerprint density at radius 3 is 1.86 bits per heavy atom. The van der Waals surface area contributed by atoms with Gasteiger partial charge in [-0.05, 0) is 30.3 Å². The molecule has 2 aromatic carbocycles. The highest BCUT2D eigenvalue weighted by Crippen LogP contribution is 2.37. The second-order valence-corrected chi connectivity index (χ2v) is 7.52. The van der Waals surface area contributed by atoms with Gasteiger partial charge in [-0.15, -0.1) is 0 Å². The van der Waals surface area contributed by atoms with Gasteiger partial charge in [-0.2, -0.15) is 26.3 Å². The molecule has 4 nitrogen and oxygen atoms in total. The zero-order chi connectivity index (χ0) is 21.3. The molecular formula is C16H10F7NO3S. The van der Waals surface area contributed by atoms with E-state index in [-0.39, 0.29) is 18.2 Å². The molecular weight excluding hydrogens is 419 g/mol. The molecule has 0 unspecified atom stereocenters. The lowest BCUT2D eigenvalue weighted by Crippen LogP contribution is -2.24. The van der Waals surface area contributed by atoms with Gasteiger partial charge in [0.15, 0.2) is 9.84 Å². The second kappa shape index (κ2) is 7.41. The summed E-state index contributed by atoms with van der Waals surface area (Å²) >= 11 is 0. The molecule has 12 heteroatoms. The minimum absolute atomic E-state index is 0.000946. The third-order valence-electron chi connectivity index (χ3n) is 3.39. The van der Waals surface area contributed by atoms with Crippen LogP contribution in [-0.4, -0.2) is 20.1 Å². The van der Waals surface area contributed by atoms with Gasteiger partial charge in [0.2, 0.25) is 5.91 Å². The molecule has 0 radical (unpaired) electrons. The third kappa shape index (κ3) is 5.21. The Balaban J connectivity index is 2.39. The molecule has 0 aliphatic heterocycles. The number of amides is 1. The van der Waals surface area contributed by atoms with E-state index >= 15 is 0 Å². The Morgan fingerprint density at radius 1 is 0.893 bits per heavy atom. The van der Waals surface area contributed by atoms with Crippen molar-refractivity contribution in [1.82, 2.24) is 0 Å². The maximum atomic E-state index is 13.5. The van der Waals surface area contributed by atoms with E-state index in [4.69, 9.17) is 0 Å². The van der Waals surface area contributed by atoms with Crippen molar-refractivity contribution < 1.29 is 43.9 Å². The first-order valence-corrected chi connectivity index (χ1v) is 8.92. The van der Waals surface area contributed by atoms with Crippen molar-refractivity contribution in [3.05, 3.63) is 59.4 Å². The molecule has 0 fully saturated rings. The quantitative estimate of drug-likeness (QED) is 0.739. The van der Waals surface area contributed by atoms with E-state index in [1.54, 1.807) is 0 Å². The first-order valence-electron chi connectivity index (χ1n) is 7.27. The topological polar surface area (TPSA) is 63.2 Å². The first kappa shape index (κ1) is 21.7. The Hall–Kier alpha value is -2.63. The van der Waals surface area contributed by atoms with Crippen LogP contribution in [0.15, 0.2) is 47.4 Å². The van der Waals surface area contributed by atoms with Crippen LogP contribution >= 0.6 is 0 Å². The van der Waals surface area contributed by atoms with Gasteiger partial charge in [-0.3, -0.25) is 4.79 Å². The fraction of sp³-hybridized carbons (Fsp3) is 0.188. The third-order valence-corrected chi connectivity index (χ3v) is 4.99. The van der Waals surface area contributed by atoms with E-state index in [1.165, 1.54) is 12.1 Å². The largest absolute Gasteiger partial charge is 0.416 e. The zero-order valence-corrected chi connectivity index (χ0v) is 14.3. The number of carbonyl (C=O) groups excluding carboxylic acids is 1. The fourth-order valence-corrected chi connectivity index (χ4v) is 3.31. The molecule has 0 spiro atoms. The molecule has 1 amide bonds. The minimum Gasteiger partial charge on any atom is -0.323 e. The van der Waals surface area contributed by atoms with Crippen molar-refractivity contribution in [1.29, 1.82) is 0 Å². The Kier molecular flexibility index (Phi) is 5.74. The van der Waals surface area contributed by atoms with E-state index in [0.29, 0.717) is 0 Å². The summed E-state index contributed by atoms with van der Waals surface area (Å²) in [4.78, 5) is 10.5. The normalized spacial score (nSPS) is 12.7. The number of sulfone groups is 1. The molecule has 2 aromatic rings. The van der Waals surface area contributed by atoms with Crippen molar-refractivity contribution in [2.45, 2.75) is 17.2 Å². The summed E-state index contributed by atoms with van der Waals surface area (Å²) in [5.41, 5.74) is -4.08. The Labute approximate surface area is 153 Å². The highest BCUT2D eigenvalue weighted by atomic mass is 32.2. The molecule has 2 rings (SSSR count). The summed E-state index contributed by atoms with van der Waals surface area (Å²) in [6.07, 6.45) is -10.5. The Morgan fingerprint density at radius 2 is 1.39 bits per heavy atom. The van der Waals surface area contributed by atoms with Crippen molar-refractivity contribution in [2.24, 2.45) is 0 Å². The van der Waals surface area contributed by atoms with Crippen LogP contribution in [0.1, 0.15) is 11.1 Å². The summed E-state index contributed by atoms with van der Waals surface area (Å²) in [5, 5.41) is 1.89. The van der Waals surface area contributed by atoms with Crippen LogP contribution < -0.4 is 5.32 Å². The summed E-state index contributed by atoms with van der Waals surface area (Å²) in [7, 11) is -4.89. The summed E-state index contributed by atoms with van der Waals surface area (Å²) < 4.78 is 115. The van der Waals surface area contributed by atoms with Gasteiger partial charge in [0, 0.05) is 0 Å². The molecule has 0 saturated carbocycles. The number of rotatable bonds is 4. The Bertz CT molecular complexity index is 966. The molecule has 0 atom stereocenters. The molecule has 1 N–H and O–H groups in total. The van der Waals surface area contributed by atoms with Crippen LogP contribution in [0, 0.1) is 5.82 Å². The van der Waals surface area contributed by atoms with Crippen LogP contribution in [0.25, 0.3) is 0 Å². The summed E-state index contributed by atoms with van der Waals surface area (Å²) in [6, 6.07) is 4.40. The average Bonchev–Trinajstić information content (AvgIpc) is 2.54. The van der Waals surface area contributed by atoms with Gasteiger partial charge in [-0.25, -0.2) is 12.8 Å². The molecule has 0 saturated heterocycles. The maximum Gasteiger partial charge on any atom is 0.416 e. The van der Waals surface area contributed by atoms with E-state index in [1.807, 2.05) is 5.32 Å². The fourth-order valence-electron chi connectivity index (χ4n) is 2.11. The number of halogens is 7. The molecule has 0 aliphatic carbocycles. The van der Waals surface area contributed by atoms with E-state index in [2.05, 4.69) is 0 Å². The van der Waals surface area contributed by atoms with Crippen molar-refractivity contribution >= 4 is 21.4 Å². The first-order chi connectivity index (χ1) is 12.7. The van der Waals surface area contributed by atoms with Crippen LogP contribution in [0.3, 0.4) is 0 Å². The zero-order valence-electron chi connectivity index (χ0n) is 13.5. The van der Waals surface area contributed by atoms with Gasteiger partial charge in [0.1, 0.15) is 11.6 Å². The van der Waals surface area contributed by atoms with E-state index < -0.39 is 61.4 Å².